The first-order chi connectivity index (χ1) is 9.22. The van der Waals surface area contributed by atoms with E-state index in [4.69, 9.17) is 0 Å². The highest BCUT2D eigenvalue weighted by molar-refractivity contribution is 6.52. The SMILES string of the molecule is Cc1ccc(C)c2c1C(=O)C(=O)N2CCOC(F)(F)F. The number of hydrogen-bond donors (Lipinski definition) is 0. The molecule has 0 unspecified atom stereocenters. The highest BCUT2D eigenvalue weighted by atomic mass is 19.4. The van der Waals surface area contributed by atoms with Gasteiger partial charge in [-0.05, 0) is 25.0 Å². The zero-order valence-electron chi connectivity index (χ0n) is 10.9. The zero-order chi connectivity index (χ0) is 15.1. The Balaban J connectivity index is 2.27. The van der Waals surface area contributed by atoms with Crippen molar-refractivity contribution in [1.29, 1.82) is 0 Å². The minimum atomic E-state index is -4.75. The summed E-state index contributed by atoms with van der Waals surface area (Å²) in [5, 5.41) is 0. The van der Waals surface area contributed by atoms with Gasteiger partial charge in [-0.15, -0.1) is 13.2 Å². The maximum Gasteiger partial charge on any atom is 0.522 e. The van der Waals surface area contributed by atoms with Gasteiger partial charge in [0.25, 0.3) is 11.7 Å². The summed E-state index contributed by atoms with van der Waals surface area (Å²) in [6, 6.07) is 3.42. The van der Waals surface area contributed by atoms with Crippen LogP contribution in [0.4, 0.5) is 18.9 Å². The van der Waals surface area contributed by atoms with Crippen molar-refractivity contribution in [1.82, 2.24) is 0 Å². The summed E-state index contributed by atoms with van der Waals surface area (Å²) in [5.41, 5.74) is 1.94. The molecule has 1 aromatic rings. The molecule has 0 saturated carbocycles. The van der Waals surface area contributed by atoms with Crippen LogP contribution < -0.4 is 4.90 Å². The Bertz CT molecular complexity index is 581. The molecule has 20 heavy (non-hydrogen) atoms. The fourth-order valence-electron chi connectivity index (χ4n) is 2.23. The lowest BCUT2D eigenvalue weighted by atomic mass is 10.0. The molecule has 2 rings (SSSR count). The summed E-state index contributed by atoms with van der Waals surface area (Å²) in [6.07, 6.45) is -4.75. The molecule has 0 bridgehead atoms. The molecule has 0 saturated heterocycles. The number of carbonyl (C=O) groups is 2. The number of hydrogen-bond acceptors (Lipinski definition) is 3. The second kappa shape index (κ2) is 4.90. The van der Waals surface area contributed by atoms with Crippen LogP contribution in [0.2, 0.25) is 0 Å². The Kier molecular flexibility index (Phi) is 3.56. The lowest BCUT2D eigenvalue weighted by Crippen LogP contribution is -2.34. The molecule has 0 radical (unpaired) electrons. The highest BCUT2D eigenvalue weighted by Gasteiger charge is 2.38. The Hall–Kier alpha value is -1.89. The van der Waals surface area contributed by atoms with E-state index in [1.165, 1.54) is 0 Å². The van der Waals surface area contributed by atoms with Gasteiger partial charge in [-0.25, -0.2) is 0 Å². The van der Waals surface area contributed by atoms with Gasteiger partial charge in [-0.1, -0.05) is 12.1 Å². The van der Waals surface area contributed by atoms with Crippen LogP contribution in [0.5, 0.6) is 0 Å². The monoisotopic (exact) mass is 287 g/mol. The lowest BCUT2D eigenvalue weighted by Gasteiger charge is -2.19. The quantitative estimate of drug-likeness (QED) is 0.802. The van der Waals surface area contributed by atoms with Gasteiger partial charge in [0, 0.05) is 0 Å². The van der Waals surface area contributed by atoms with E-state index in [0.717, 1.165) is 4.90 Å². The van der Waals surface area contributed by atoms with E-state index in [1.54, 1.807) is 26.0 Å². The molecule has 108 valence electrons. The van der Waals surface area contributed by atoms with E-state index < -0.39 is 24.7 Å². The van der Waals surface area contributed by atoms with Crippen LogP contribution in [-0.4, -0.2) is 31.2 Å². The first-order valence-corrected chi connectivity index (χ1v) is 5.89. The predicted octanol–water partition coefficient (Wildman–Crippen LogP) is 2.37. The molecular formula is C13H12F3NO3. The van der Waals surface area contributed by atoms with Gasteiger partial charge in [0.05, 0.1) is 24.4 Å². The fourth-order valence-corrected chi connectivity index (χ4v) is 2.23. The second-order valence-corrected chi connectivity index (χ2v) is 4.50. The van der Waals surface area contributed by atoms with Gasteiger partial charge in [0.15, 0.2) is 0 Å². The van der Waals surface area contributed by atoms with Crippen LogP contribution in [0.15, 0.2) is 12.1 Å². The molecule has 1 amide bonds. The molecule has 0 N–H and O–H groups in total. The number of aryl methyl sites for hydroxylation is 2. The molecule has 7 heteroatoms. The number of amides is 1. The number of ketones is 1. The van der Waals surface area contributed by atoms with Crippen LogP contribution in [0.25, 0.3) is 0 Å². The Morgan fingerprint density at radius 2 is 1.75 bits per heavy atom. The number of carbonyl (C=O) groups excluding carboxylic acids is 2. The van der Waals surface area contributed by atoms with Crippen molar-refractivity contribution >= 4 is 17.4 Å². The third kappa shape index (κ3) is 2.53. The summed E-state index contributed by atoms with van der Waals surface area (Å²) in [6.45, 7) is 2.34. The number of fused-ring (bicyclic) bond motifs is 1. The van der Waals surface area contributed by atoms with Crippen LogP contribution in [0.1, 0.15) is 21.5 Å². The van der Waals surface area contributed by atoms with Crippen LogP contribution in [0, 0.1) is 13.8 Å². The molecule has 0 aliphatic carbocycles. The Labute approximate surface area is 113 Å². The summed E-state index contributed by atoms with van der Waals surface area (Å²) in [5.74, 6) is -1.50. The van der Waals surface area contributed by atoms with Crippen molar-refractivity contribution in [2.75, 3.05) is 18.1 Å². The summed E-state index contributed by atoms with van der Waals surface area (Å²) >= 11 is 0. The Morgan fingerprint density at radius 3 is 2.35 bits per heavy atom. The van der Waals surface area contributed by atoms with E-state index in [-0.39, 0.29) is 12.1 Å². The molecule has 0 spiro atoms. The predicted molar refractivity (Wildman–Crippen MR) is 64.6 cm³/mol. The van der Waals surface area contributed by atoms with E-state index in [1.807, 2.05) is 0 Å². The maximum absolute atomic E-state index is 12.0. The summed E-state index contributed by atoms with van der Waals surface area (Å²) < 4.78 is 39.5. The summed E-state index contributed by atoms with van der Waals surface area (Å²) in [4.78, 5) is 24.8. The number of anilines is 1. The van der Waals surface area contributed by atoms with Crippen molar-refractivity contribution in [2.45, 2.75) is 20.2 Å². The van der Waals surface area contributed by atoms with Gasteiger partial charge in [0.1, 0.15) is 0 Å². The van der Waals surface area contributed by atoms with Gasteiger partial charge in [-0.2, -0.15) is 0 Å². The first kappa shape index (κ1) is 14.5. The van der Waals surface area contributed by atoms with Crippen LogP contribution >= 0.6 is 0 Å². The fraction of sp³-hybridized carbons (Fsp3) is 0.385. The number of ether oxygens (including phenoxy) is 1. The maximum atomic E-state index is 12.0. The third-order valence-corrected chi connectivity index (χ3v) is 3.10. The average molecular weight is 287 g/mol. The van der Waals surface area contributed by atoms with Gasteiger partial charge in [-0.3, -0.25) is 14.3 Å². The molecule has 0 aromatic heterocycles. The van der Waals surface area contributed by atoms with E-state index >= 15 is 0 Å². The van der Waals surface area contributed by atoms with E-state index in [0.29, 0.717) is 16.8 Å². The normalized spacial score (nSPS) is 14.9. The van der Waals surface area contributed by atoms with Gasteiger partial charge < -0.3 is 4.90 Å². The number of benzene rings is 1. The number of rotatable bonds is 3. The molecule has 0 atom stereocenters. The Morgan fingerprint density at radius 1 is 1.15 bits per heavy atom. The van der Waals surface area contributed by atoms with E-state index in [9.17, 15) is 22.8 Å². The number of alkyl halides is 3. The van der Waals surface area contributed by atoms with Crippen molar-refractivity contribution in [2.24, 2.45) is 0 Å². The largest absolute Gasteiger partial charge is 0.522 e. The molecule has 1 aliphatic heterocycles. The summed E-state index contributed by atoms with van der Waals surface area (Å²) in [7, 11) is 0. The zero-order valence-corrected chi connectivity index (χ0v) is 10.9. The van der Waals surface area contributed by atoms with Crippen molar-refractivity contribution in [3.8, 4) is 0 Å². The molecule has 1 aliphatic rings. The minimum Gasteiger partial charge on any atom is -0.302 e. The van der Waals surface area contributed by atoms with Crippen molar-refractivity contribution < 1.29 is 27.5 Å². The van der Waals surface area contributed by atoms with Crippen LogP contribution in [-0.2, 0) is 9.53 Å². The molecule has 4 nitrogen and oxygen atoms in total. The topological polar surface area (TPSA) is 46.6 Å². The van der Waals surface area contributed by atoms with Crippen molar-refractivity contribution in [3.05, 3.63) is 28.8 Å². The average Bonchev–Trinajstić information content (AvgIpc) is 2.58. The molecule has 1 aromatic carbocycles. The second-order valence-electron chi connectivity index (χ2n) is 4.50. The highest BCUT2D eigenvalue weighted by Crippen LogP contribution is 2.34. The van der Waals surface area contributed by atoms with Crippen molar-refractivity contribution in [3.63, 3.8) is 0 Å². The third-order valence-electron chi connectivity index (χ3n) is 3.10. The van der Waals surface area contributed by atoms with E-state index in [2.05, 4.69) is 4.74 Å². The number of halogens is 3. The van der Waals surface area contributed by atoms with Crippen LogP contribution in [0.3, 0.4) is 0 Å². The lowest BCUT2D eigenvalue weighted by molar-refractivity contribution is -0.323. The minimum absolute atomic E-state index is 0.266. The van der Waals surface area contributed by atoms with Gasteiger partial charge >= 0.3 is 6.36 Å². The number of Topliss-reactive ketones (excluding diaryl/α,β-unsaturated/α-hetero) is 1. The smallest absolute Gasteiger partial charge is 0.302 e. The van der Waals surface area contributed by atoms with Gasteiger partial charge in [0.2, 0.25) is 0 Å². The molecule has 1 heterocycles. The molecular weight excluding hydrogens is 275 g/mol. The molecule has 0 fully saturated rings. The standard InChI is InChI=1S/C13H12F3NO3/c1-7-3-4-8(2)10-9(7)11(18)12(19)17(10)5-6-20-13(14,15)16/h3-4H,5-6H2,1-2H3. The first-order valence-electron chi connectivity index (χ1n) is 5.89. The number of nitrogens with zero attached hydrogens (tertiary/aromatic N) is 1.